The van der Waals surface area contributed by atoms with Crippen LogP contribution < -0.4 is 16.1 Å². The molecule has 1 saturated heterocycles. The summed E-state index contributed by atoms with van der Waals surface area (Å²) in [5.41, 5.74) is 5.39. The van der Waals surface area contributed by atoms with Gasteiger partial charge in [-0.25, -0.2) is 5.48 Å². The van der Waals surface area contributed by atoms with Gasteiger partial charge >= 0.3 is 17.9 Å². The van der Waals surface area contributed by atoms with Gasteiger partial charge in [0, 0.05) is 105 Å². The Balaban J connectivity index is 0.00000936. The van der Waals surface area contributed by atoms with Gasteiger partial charge in [0.05, 0.1) is 39.3 Å². The van der Waals surface area contributed by atoms with Gasteiger partial charge in [-0.3, -0.25) is 48.4 Å². The largest absolute Gasteiger partial charge is 0.480 e. The Hall–Kier alpha value is -3.13. The molecule has 2 aromatic rings. The minimum absolute atomic E-state index is 0. The van der Waals surface area contributed by atoms with Crippen molar-refractivity contribution in [3.8, 4) is 0 Å². The molecule has 0 spiro atoms. The van der Waals surface area contributed by atoms with Crippen molar-refractivity contribution in [1.82, 2.24) is 35.7 Å². The standard InChI is InChI=1S/C35H51N7O9.Gd/c1-51-38-35(50)30(12-11-27-5-3-2-4-6-27)36-21-28-7-9-29(10-8-28)22-37-31(43)23-39-13-15-40(24-32(44)45)17-19-42(26-34(48)49)20-18-41(16-14-39)25-33(46)47;/h2-10,30,36H,11-26H2,1H3,(H,37,43)(H,38,50)(H,44,45)(H,46,47)(H,48,49);/t30-;/m1./s1. The van der Waals surface area contributed by atoms with Gasteiger partial charge in [0.2, 0.25) is 5.91 Å². The molecule has 3 rings (SSSR count). The Kier molecular flexibility index (Phi) is 21.6. The van der Waals surface area contributed by atoms with Crippen LogP contribution in [0.2, 0.25) is 0 Å². The number of nitrogens with one attached hydrogen (secondary N) is 3. The second-order valence-corrected chi connectivity index (χ2v) is 12.5. The summed E-state index contributed by atoms with van der Waals surface area (Å²) in [6, 6.07) is 17.1. The van der Waals surface area contributed by atoms with E-state index in [0.717, 1.165) is 23.1 Å². The van der Waals surface area contributed by atoms with Crippen LogP contribution in [0.25, 0.3) is 0 Å². The number of benzene rings is 2. The molecule has 1 aliphatic rings. The molecule has 1 heterocycles. The number of hydroxylamine groups is 1. The number of nitrogens with zero attached hydrogens (tertiary/aromatic N) is 4. The summed E-state index contributed by atoms with van der Waals surface area (Å²) >= 11 is 0. The summed E-state index contributed by atoms with van der Waals surface area (Å²) in [5.74, 6) is -3.53. The number of aryl methyl sites for hydroxylation is 1. The number of aliphatic carboxylic acids is 3. The fourth-order valence-corrected chi connectivity index (χ4v) is 5.71. The van der Waals surface area contributed by atoms with E-state index in [-0.39, 0.29) is 84.5 Å². The van der Waals surface area contributed by atoms with E-state index < -0.39 is 23.9 Å². The minimum atomic E-state index is -1.02. The fourth-order valence-electron chi connectivity index (χ4n) is 5.71. The monoisotopic (exact) mass is 871 g/mol. The molecule has 0 saturated carbocycles. The first-order chi connectivity index (χ1) is 24.5. The Labute approximate surface area is 336 Å². The number of carboxylic acid groups (broad SMARTS) is 3. The van der Waals surface area contributed by atoms with Gasteiger partial charge in [-0.2, -0.15) is 0 Å². The zero-order valence-electron chi connectivity index (χ0n) is 29.5. The first-order valence-electron chi connectivity index (χ1n) is 17.0. The Morgan fingerprint density at radius 3 is 1.48 bits per heavy atom. The summed E-state index contributed by atoms with van der Waals surface area (Å²) < 4.78 is 0. The van der Waals surface area contributed by atoms with Crippen LogP contribution in [0, 0.1) is 39.9 Å². The van der Waals surface area contributed by atoms with Gasteiger partial charge in [0.1, 0.15) is 0 Å². The molecule has 1 atom stereocenters. The number of carbonyl (C=O) groups excluding carboxylic acids is 2. The molecule has 2 amide bonds. The summed E-state index contributed by atoms with van der Waals surface area (Å²) in [6.07, 6.45) is 1.31. The first-order valence-corrected chi connectivity index (χ1v) is 17.0. The maximum Gasteiger partial charge on any atom is 0.317 e. The van der Waals surface area contributed by atoms with Gasteiger partial charge in [0.15, 0.2) is 0 Å². The van der Waals surface area contributed by atoms with Crippen LogP contribution in [0.4, 0.5) is 0 Å². The molecule has 0 aliphatic carbocycles. The Morgan fingerprint density at radius 2 is 1.06 bits per heavy atom. The second-order valence-electron chi connectivity index (χ2n) is 12.5. The van der Waals surface area contributed by atoms with Crippen molar-refractivity contribution in [2.45, 2.75) is 32.0 Å². The third kappa shape index (κ3) is 18.6. The van der Waals surface area contributed by atoms with Crippen LogP contribution in [0.15, 0.2) is 54.6 Å². The normalized spacial score (nSPS) is 16.0. The molecule has 0 aromatic heterocycles. The topological polar surface area (TPSA) is 204 Å². The molecule has 1 aliphatic heterocycles. The number of carboxylic acids is 3. The average Bonchev–Trinajstić information content (AvgIpc) is 3.09. The third-order valence-corrected chi connectivity index (χ3v) is 8.52. The van der Waals surface area contributed by atoms with E-state index in [9.17, 15) is 39.3 Å². The van der Waals surface area contributed by atoms with Crippen molar-refractivity contribution in [1.29, 1.82) is 0 Å². The van der Waals surface area contributed by atoms with Gasteiger partial charge < -0.3 is 26.0 Å². The summed E-state index contributed by atoms with van der Waals surface area (Å²) in [7, 11) is 1.40. The molecule has 52 heavy (non-hydrogen) atoms. The Morgan fingerprint density at radius 1 is 0.635 bits per heavy atom. The number of rotatable bonds is 18. The third-order valence-electron chi connectivity index (χ3n) is 8.52. The molecule has 6 N–H and O–H groups in total. The summed E-state index contributed by atoms with van der Waals surface area (Å²) in [6.45, 7) is 2.65. The van der Waals surface area contributed by atoms with Crippen LogP contribution in [0.5, 0.6) is 0 Å². The van der Waals surface area contributed by atoms with E-state index in [1.165, 1.54) is 7.11 Å². The van der Waals surface area contributed by atoms with Crippen LogP contribution in [0.1, 0.15) is 23.1 Å². The Bertz CT molecular complexity index is 1370. The molecule has 17 heteroatoms. The van der Waals surface area contributed by atoms with Crippen LogP contribution in [0.3, 0.4) is 0 Å². The maximum absolute atomic E-state index is 13.1. The number of amides is 2. The van der Waals surface area contributed by atoms with E-state index in [1.807, 2.05) is 59.5 Å². The number of hydrogen-bond acceptors (Lipinski definition) is 11. The van der Waals surface area contributed by atoms with E-state index in [1.54, 1.807) is 14.7 Å². The maximum atomic E-state index is 13.1. The quantitative estimate of drug-likeness (QED) is 0.105. The summed E-state index contributed by atoms with van der Waals surface area (Å²) in [5, 5.41) is 34.4. The minimum Gasteiger partial charge on any atom is -0.480 e. The van der Waals surface area contributed by atoms with Crippen LogP contribution in [-0.4, -0.2) is 156 Å². The van der Waals surface area contributed by atoms with Crippen molar-refractivity contribution in [3.05, 3.63) is 71.3 Å². The predicted octanol–water partition coefficient (Wildman–Crippen LogP) is -0.453. The van der Waals surface area contributed by atoms with Gasteiger partial charge in [0.25, 0.3) is 5.91 Å². The molecule has 16 nitrogen and oxygen atoms in total. The first kappa shape index (κ1) is 45.0. The van der Waals surface area contributed by atoms with Gasteiger partial charge in [-0.15, -0.1) is 0 Å². The fraction of sp³-hybridized carbons (Fsp3) is 0.514. The zero-order chi connectivity index (χ0) is 37.0. The molecule has 2 aromatic carbocycles. The molecule has 288 valence electrons. The van der Waals surface area contributed by atoms with E-state index in [2.05, 4.69) is 16.1 Å². The predicted molar refractivity (Wildman–Crippen MR) is 187 cm³/mol. The second kappa shape index (κ2) is 25.0. The van der Waals surface area contributed by atoms with E-state index in [0.29, 0.717) is 65.3 Å². The number of carbonyl (C=O) groups is 5. The molecule has 1 fully saturated rings. The molecule has 0 unspecified atom stereocenters. The number of hydrogen-bond donors (Lipinski definition) is 6. The van der Waals surface area contributed by atoms with Crippen molar-refractivity contribution in [3.63, 3.8) is 0 Å². The average molecular weight is 871 g/mol. The van der Waals surface area contributed by atoms with Crippen molar-refractivity contribution < 1.29 is 84.1 Å². The van der Waals surface area contributed by atoms with Crippen molar-refractivity contribution in [2.24, 2.45) is 0 Å². The molecule has 0 bridgehead atoms. The van der Waals surface area contributed by atoms with Gasteiger partial charge in [-0.05, 0) is 29.5 Å². The molecule has 0 radical (unpaired) electrons. The van der Waals surface area contributed by atoms with Crippen LogP contribution in [-0.2, 0) is 48.3 Å². The van der Waals surface area contributed by atoms with Crippen LogP contribution >= 0.6 is 0 Å². The summed E-state index contributed by atoms with van der Waals surface area (Å²) in [4.78, 5) is 71.9. The SMILES string of the molecule is CONC(=O)[C@@H](CCc1ccccc1)NCc1ccc(CNC(=O)CN2CCN(CC(=O)O)CCN(CC(=O)O)CCN(CC(=O)O)CC2)cc1.[Gd]. The zero-order valence-corrected chi connectivity index (χ0v) is 31.8. The van der Waals surface area contributed by atoms with Crippen molar-refractivity contribution in [2.75, 3.05) is 85.6 Å². The van der Waals surface area contributed by atoms with Crippen molar-refractivity contribution >= 4 is 29.7 Å². The van der Waals surface area contributed by atoms with E-state index >= 15 is 0 Å². The molecular formula is C35H51GdN7O9. The van der Waals surface area contributed by atoms with Gasteiger partial charge in [-0.1, -0.05) is 54.6 Å². The molecular weight excluding hydrogens is 820 g/mol. The van der Waals surface area contributed by atoms with E-state index in [4.69, 9.17) is 4.84 Å². The smallest absolute Gasteiger partial charge is 0.317 e.